The van der Waals surface area contributed by atoms with Crippen molar-refractivity contribution in [3.05, 3.63) is 127 Å². The van der Waals surface area contributed by atoms with Gasteiger partial charge in [-0.25, -0.2) is 49.8 Å². The number of carbonyl (C=O) groups excluding carboxylic acids is 2. The molecule has 8 heterocycles. The molecule has 2 amide bonds. The highest BCUT2D eigenvalue weighted by Gasteiger charge is 2.34. The summed E-state index contributed by atoms with van der Waals surface area (Å²) in [7, 11) is 6.05. The van der Waals surface area contributed by atoms with Crippen molar-refractivity contribution in [2.24, 2.45) is 0 Å². The molecular weight excluding hydrogens is 1090 g/mol. The minimum atomic E-state index is -4.64. The number of ether oxygens (including phenoxy) is 4. The zero-order valence-electron chi connectivity index (χ0n) is 43.8. The van der Waals surface area contributed by atoms with Crippen LogP contribution in [-0.2, 0) is 47.5 Å². The molecule has 0 spiro atoms. The molecule has 0 fully saturated rings. The summed E-state index contributed by atoms with van der Waals surface area (Å²) < 4.78 is 101. The van der Waals surface area contributed by atoms with Crippen LogP contribution in [0.25, 0.3) is 45.4 Å². The molecule has 8 aromatic heterocycles. The Morgan fingerprint density at radius 1 is 0.610 bits per heavy atom. The summed E-state index contributed by atoms with van der Waals surface area (Å²) in [5.41, 5.74) is 1.13. The second-order valence-electron chi connectivity index (χ2n) is 16.9. The number of carbonyl (C=O) groups is 3. The number of anilines is 6. The Kier molecular flexibility index (Phi) is 20.3. The van der Waals surface area contributed by atoms with Gasteiger partial charge in [0.2, 0.25) is 11.8 Å². The van der Waals surface area contributed by atoms with Crippen molar-refractivity contribution in [3.8, 4) is 28.8 Å². The predicted molar refractivity (Wildman–Crippen MR) is 285 cm³/mol. The number of rotatable bonds is 20. The van der Waals surface area contributed by atoms with E-state index in [0.717, 1.165) is 17.7 Å². The van der Waals surface area contributed by atoms with E-state index in [1.54, 1.807) is 42.3 Å². The Labute approximate surface area is 461 Å². The van der Waals surface area contributed by atoms with Gasteiger partial charge in [0.15, 0.2) is 40.1 Å². The molecule has 0 saturated heterocycles. The quantitative estimate of drug-likeness (QED) is 0.0389. The van der Waals surface area contributed by atoms with Crippen molar-refractivity contribution in [1.82, 2.24) is 59.4 Å². The second-order valence-corrected chi connectivity index (χ2v) is 16.9. The number of hydrogen-bond acceptors (Lipinski definition) is 19. The van der Waals surface area contributed by atoms with E-state index in [2.05, 4.69) is 80.8 Å². The summed E-state index contributed by atoms with van der Waals surface area (Å²) in [6.45, 7) is 1.21. The Bertz CT molecular complexity index is 3620. The van der Waals surface area contributed by atoms with Crippen LogP contribution >= 0.6 is 0 Å². The number of nitrogens with one attached hydrogen (secondary N) is 5. The third-order valence-corrected chi connectivity index (χ3v) is 11.0. The lowest BCUT2D eigenvalue weighted by atomic mass is 10.2. The Morgan fingerprint density at radius 2 is 1.13 bits per heavy atom. The highest BCUT2D eigenvalue weighted by Crippen LogP contribution is 2.33. The largest absolute Gasteiger partial charge is 0.497 e. The van der Waals surface area contributed by atoms with Gasteiger partial charge in [-0.15, -0.1) is 0 Å². The van der Waals surface area contributed by atoms with Gasteiger partial charge in [-0.2, -0.15) is 26.3 Å². The number of carboxylic acid groups (broad SMARTS) is 1. The number of aliphatic carboxylic acids is 1. The number of fused-ring (bicyclic) bond motifs is 2. The molecule has 6 N–H and O–H groups in total. The number of halogens is 6. The van der Waals surface area contributed by atoms with Gasteiger partial charge < -0.3 is 54.9 Å². The van der Waals surface area contributed by atoms with Crippen molar-refractivity contribution in [2.45, 2.75) is 38.2 Å². The van der Waals surface area contributed by atoms with E-state index in [9.17, 15) is 40.7 Å². The molecule has 0 atom stereocenters. The van der Waals surface area contributed by atoms with Crippen LogP contribution in [0, 0.1) is 0 Å². The number of benzene rings is 1. The van der Waals surface area contributed by atoms with Gasteiger partial charge in [0, 0.05) is 57.2 Å². The highest BCUT2D eigenvalue weighted by atomic mass is 19.4. The lowest BCUT2D eigenvalue weighted by Crippen LogP contribution is -2.14. The zero-order valence-corrected chi connectivity index (χ0v) is 43.8. The number of amides is 2. The van der Waals surface area contributed by atoms with E-state index in [1.807, 2.05) is 24.3 Å². The third-order valence-electron chi connectivity index (χ3n) is 11.0. The minimum absolute atomic E-state index is 0.0327. The number of pyridine rings is 4. The number of alkyl halides is 6. The highest BCUT2D eigenvalue weighted by molar-refractivity contribution is 5.92. The maximum Gasteiger partial charge on any atom is 0.433 e. The first kappa shape index (κ1) is 59.8. The lowest BCUT2D eigenvalue weighted by molar-refractivity contribution is -0.141. The molecule has 0 saturated carbocycles. The summed E-state index contributed by atoms with van der Waals surface area (Å²) in [4.78, 5) is 78.5. The third kappa shape index (κ3) is 16.9. The fourth-order valence-corrected chi connectivity index (χ4v) is 7.08. The molecule has 0 aliphatic rings. The first-order chi connectivity index (χ1) is 39.3. The van der Waals surface area contributed by atoms with Crippen LogP contribution in [0.1, 0.15) is 36.2 Å². The fraction of sp³-hybridized carbons (Fsp3) is 0.250. The fourth-order valence-electron chi connectivity index (χ4n) is 7.08. The van der Waals surface area contributed by atoms with E-state index < -0.39 is 29.7 Å². The summed E-state index contributed by atoms with van der Waals surface area (Å²) in [6.07, 6.45) is -2.89. The molecule has 0 unspecified atom stereocenters. The van der Waals surface area contributed by atoms with Gasteiger partial charge in [0.1, 0.15) is 45.7 Å². The van der Waals surface area contributed by atoms with Gasteiger partial charge >= 0.3 is 18.3 Å². The van der Waals surface area contributed by atoms with Gasteiger partial charge in [0.05, 0.1) is 65.4 Å². The van der Waals surface area contributed by atoms with Crippen LogP contribution < -0.4 is 26.0 Å². The Balaban J connectivity index is 0.000000216. The van der Waals surface area contributed by atoms with E-state index >= 15 is 0 Å². The monoisotopic (exact) mass is 1140 g/mol. The molecule has 0 aliphatic heterocycles. The van der Waals surface area contributed by atoms with Gasteiger partial charge in [0.25, 0.3) is 0 Å². The molecule has 0 aliphatic carbocycles. The zero-order chi connectivity index (χ0) is 58.8. The normalized spacial score (nSPS) is 11.2. The summed E-state index contributed by atoms with van der Waals surface area (Å²) >= 11 is 0. The van der Waals surface area contributed by atoms with Crippen LogP contribution in [0.4, 0.5) is 61.0 Å². The van der Waals surface area contributed by atoms with Crippen LogP contribution in [0.5, 0.6) is 5.75 Å². The molecule has 82 heavy (non-hydrogen) atoms. The summed E-state index contributed by atoms with van der Waals surface area (Å²) in [6, 6.07) is 20.9. The van der Waals surface area contributed by atoms with Gasteiger partial charge in [-0.05, 0) is 54.1 Å². The molecule has 1 aromatic carbocycles. The number of hydrogen-bond donors (Lipinski definition) is 6. The average molecular weight is 1140 g/mol. The number of aromatic amines is 1. The Morgan fingerprint density at radius 3 is 1.65 bits per heavy atom. The molecule has 428 valence electrons. The number of imidazole rings is 2. The van der Waals surface area contributed by atoms with Crippen LogP contribution in [0.2, 0.25) is 0 Å². The number of nitrogens with zero attached hydrogens (tertiary/aromatic N) is 11. The van der Waals surface area contributed by atoms with E-state index in [1.165, 1.54) is 64.3 Å². The maximum atomic E-state index is 13.4. The number of H-pyrrole nitrogens is 1. The van der Waals surface area contributed by atoms with Crippen molar-refractivity contribution in [1.29, 1.82) is 0 Å². The van der Waals surface area contributed by atoms with Crippen LogP contribution in [0.15, 0.2) is 110 Å². The van der Waals surface area contributed by atoms with Crippen molar-refractivity contribution >= 4 is 74.8 Å². The summed E-state index contributed by atoms with van der Waals surface area (Å²) in [5.74, 6) is 0.347. The van der Waals surface area contributed by atoms with E-state index in [4.69, 9.17) is 19.3 Å². The molecular formula is C52H50F6N16O8. The standard InChI is InChI=1S/C28H25F3N8O3.C20H17F3N8O2.C4H8O3/c1-41-13-11-23(40)36-22-14-18(10-12-32-22)34-26-24-27(39(16-33-24)15-17-6-8-19(42-2)9-7-17)38-25(37-26)20-4-3-5-21(35-20)28(29,30)31;1-33-8-6-15(32)29-14-9-11(5-7-24-14)27-19-16-18(26-10-25-16)30-17(31-19)12-3-2-4-13(28-12)20(21,22)23;1-7-3-2-4(5)6/h3-10,12,14,16H,11,13,15H2,1-2H3,(H2,32,34,36,37,38,40);2-5,7,9-10H,6,8H2,1H3,(H3,24,25,26,27,29,30,31,32);2-3H2,1H3,(H,5,6). The molecule has 30 heteroatoms. The maximum absolute atomic E-state index is 13.4. The molecule has 0 radical (unpaired) electrons. The van der Waals surface area contributed by atoms with Crippen LogP contribution in [0.3, 0.4) is 0 Å². The topological polar surface area (TPSA) is 306 Å². The average Bonchev–Trinajstić information content (AvgIpc) is 4.14. The summed E-state index contributed by atoms with van der Waals surface area (Å²) in [5, 5.41) is 19.5. The van der Waals surface area contributed by atoms with E-state index in [-0.39, 0.29) is 90.4 Å². The molecule has 24 nitrogen and oxygen atoms in total. The lowest BCUT2D eigenvalue weighted by Gasteiger charge is -2.12. The predicted octanol–water partition coefficient (Wildman–Crippen LogP) is 8.73. The number of carboxylic acids is 1. The molecule has 9 aromatic rings. The second kappa shape index (κ2) is 27.9. The minimum Gasteiger partial charge on any atom is -0.497 e. The first-order valence-corrected chi connectivity index (χ1v) is 24.2. The smallest absolute Gasteiger partial charge is 0.433 e. The molecule has 0 bridgehead atoms. The molecule has 9 rings (SSSR count). The Hall–Kier alpha value is -9.81. The van der Waals surface area contributed by atoms with Crippen molar-refractivity contribution < 1.29 is 64.8 Å². The van der Waals surface area contributed by atoms with Crippen LogP contribution in [-0.4, -0.2) is 131 Å². The SMILES string of the molecule is COCCC(=O)Nc1cc(Nc2nc(-c3cccc(C(F)(F)F)n3)nc3c2ncn3Cc2ccc(OC)cc2)ccn1.COCCC(=O)Nc1cc(Nc2nc(-c3cccc(C(F)(F)F)n3)nc3nc[nH]c23)ccn1.COCCC(=O)O. The number of methoxy groups -OCH3 is 4. The number of aromatic nitrogens is 12. The van der Waals surface area contributed by atoms with Crippen molar-refractivity contribution in [3.63, 3.8) is 0 Å². The van der Waals surface area contributed by atoms with Crippen molar-refractivity contribution in [2.75, 3.05) is 69.5 Å². The van der Waals surface area contributed by atoms with Gasteiger partial charge in [-0.3, -0.25) is 14.4 Å². The van der Waals surface area contributed by atoms with Gasteiger partial charge in [-0.1, -0.05) is 24.3 Å². The first-order valence-electron chi connectivity index (χ1n) is 24.2. The van der Waals surface area contributed by atoms with E-state index in [0.29, 0.717) is 52.8 Å².